The first-order valence-corrected chi connectivity index (χ1v) is 7.04. The van der Waals surface area contributed by atoms with Gasteiger partial charge in [-0.15, -0.1) is 0 Å². The zero-order valence-electron chi connectivity index (χ0n) is 11.5. The standard InChI is InChI=1S/C14H15ClN4O2/c1-8-2-3-10-9(6-8)11(18-12(15)17-10)16-7-14(4-5-14)19-13(20)21/h2-3,6,19H,4-5,7H2,1H3,(H,20,21)(H,16,17,18). The summed E-state index contributed by atoms with van der Waals surface area (Å²) in [4.78, 5) is 19.2. The Morgan fingerprint density at radius 2 is 2.19 bits per heavy atom. The van der Waals surface area contributed by atoms with Gasteiger partial charge in [0.15, 0.2) is 0 Å². The van der Waals surface area contributed by atoms with E-state index in [-0.39, 0.29) is 10.8 Å². The number of aromatic nitrogens is 2. The number of nitrogens with zero attached hydrogens (tertiary/aromatic N) is 2. The van der Waals surface area contributed by atoms with E-state index in [4.69, 9.17) is 16.7 Å². The highest BCUT2D eigenvalue weighted by molar-refractivity contribution is 6.28. The first kappa shape index (κ1) is 13.9. The highest BCUT2D eigenvalue weighted by atomic mass is 35.5. The van der Waals surface area contributed by atoms with E-state index in [0.29, 0.717) is 12.4 Å². The van der Waals surface area contributed by atoms with Crippen LogP contribution in [0.2, 0.25) is 5.28 Å². The second-order valence-electron chi connectivity index (χ2n) is 5.43. The third kappa shape index (κ3) is 3.00. The highest BCUT2D eigenvalue weighted by Crippen LogP contribution is 2.36. The average molecular weight is 307 g/mol. The van der Waals surface area contributed by atoms with Gasteiger partial charge >= 0.3 is 6.09 Å². The van der Waals surface area contributed by atoms with Gasteiger partial charge in [-0.25, -0.2) is 14.8 Å². The topological polar surface area (TPSA) is 87.1 Å². The summed E-state index contributed by atoms with van der Waals surface area (Å²) < 4.78 is 0. The minimum atomic E-state index is -1.00. The van der Waals surface area contributed by atoms with E-state index >= 15 is 0 Å². The van der Waals surface area contributed by atoms with Gasteiger partial charge in [0.25, 0.3) is 0 Å². The van der Waals surface area contributed by atoms with Crippen molar-refractivity contribution in [2.45, 2.75) is 25.3 Å². The summed E-state index contributed by atoms with van der Waals surface area (Å²) in [6, 6.07) is 5.84. The van der Waals surface area contributed by atoms with Crippen LogP contribution in [0.5, 0.6) is 0 Å². The molecular weight excluding hydrogens is 292 g/mol. The van der Waals surface area contributed by atoms with E-state index in [1.165, 1.54) is 0 Å². The number of benzene rings is 1. The van der Waals surface area contributed by atoms with Gasteiger partial charge in [-0.3, -0.25) is 0 Å². The number of carboxylic acid groups (broad SMARTS) is 1. The molecule has 1 aliphatic rings. The largest absolute Gasteiger partial charge is 0.465 e. The van der Waals surface area contributed by atoms with Gasteiger partial charge in [0.2, 0.25) is 5.28 Å². The molecule has 1 saturated carbocycles. The number of halogens is 1. The van der Waals surface area contributed by atoms with Crippen molar-refractivity contribution in [3.8, 4) is 0 Å². The Morgan fingerprint density at radius 1 is 1.43 bits per heavy atom. The summed E-state index contributed by atoms with van der Waals surface area (Å²) in [6.45, 7) is 2.47. The Balaban J connectivity index is 1.86. The predicted octanol–water partition coefficient (Wildman–Crippen LogP) is 2.80. The second-order valence-corrected chi connectivity index (χ2v) is 5.76. The number of fused-ring (bicyclic) bond motifs is 1. The fraction of sp³-hybridized carbons (Fsp3) is 0.357. The Kier molecular flexibility index (Phi) is 3.33. The van der Waals surface area contributed by atoms with E-state index in [9.17, 15) is 4.79 Å². The van der Waals surface area contributed by atoms with Crippen LogP contribution in [0.4, 0.5) is 10.6 Å². The van der Waals surface area contributed by atoms with Crippen LogP contribution in [0.15, 0.2) is 18.2 Å². The minimum absolute atomic E-state index is 0.171. The lowest BCUT2D eigenvalue weighted by Crippen LogP contribution is -2.41. The smallest absolute Gasteiger partial charge is 0.405 e. The van der Waals surface area contributed by atoms with Crippen molar-refractivity contribution >= 4 is 34.4 Å². The molecule has 1 heterocycles. The summed E-state index contributed by atoms with van der Waals surface area (Å²) in [5.41, 5.74) is 1.47. The predicted molar refractivity (Wildman–Crippen MR) is 80.9 cm³/mol. The molecule has 0 unspecified atom stereocenters. The number of amides is 1. The van der Waals surface area contributed by atoms with Crippen molar-refractivity contribution in [3.63, 3.8) is 0 Å². The maximum atomic E-state index is 10.8. The molecular formula is C14H15ClN4O2. The van der Waals surface area contributed by atoms with Crippen LogP contribution in [0.1, 0.15) is 18.4 Å². The van der Waals surface area contributed by atoms with Crippen LogP contribution in [0, 0.1) is 6.92 Å². The summed E-state index contributed by atoms with van der Waals surface area (Å²) in [7, 11) is 0. The van der Waals surface area contributed by atoms with Crippen molar-refractivity contribution in [2.75, 3.05) is 11.9 Å². The fourth-order valence-electron chi connectivity index (χ4n) is 2.33. The van der Waals surface area contributed by atoms with Gasteiger partial charge in [-0.1, -0.05) is 11.6 Å². The van der Waals surface area contributed by atoms with E-state index in [1.807, 2.05) is 25.1 Å². The van der Waals surface area contributed by atoms with Crippen LogP contribution in [0.3, 0.4) is 0 Å². The number of nitrogens with one attached hydrogen (secondary N) is 2. The molecule has 6 nitrogen and oxygen atoms in total. The van der Waals surface area contributed by atoms with Crippen LogP contribution in [-0.2, 0) is 0 Å². The molecule has 1 fully saturated rings. The van der Waals surface area contributed by atoms with Gasteiger partial charge in [-0.2, -0.15) is 0 Å². The molecule has 21 heavy (non-hydrogen) atoms. The molecule has 1 amide bonds. The minimum Gasteiger partial charge on any atom is -0.465 e. The van der Waals surface area contributed by atoms with E-state index < -0.39 is 6.09 Å². The summed E-state index contributed by atoms with van der Waals surface area (Å²) >= 11 is 5.94. The first-order chi connectivity index (χ1) is 9.97. The average Bonchev–Trinajstić information content (AvgIpc) is 3.16. The number of rotatable bonds is 4. The van der Waals surface area contributed by atoms with E-state index in [0.717, 1.165) is 29.3 Å². The van der Waals surface area contributed by atoms with Crippen LogP contribution in [-0.4, -0.2) is 33.3 Å². The molecule has 7 heteroatoms. The SMILES string of the molecule is Cc1ccc2nc(Cl)nc(NCC3(NC(=O)O)CC3)c2c1. The molecule has 0 saturated heterocycles. The summed E-state index contributed by atoms with van der Waals surface area (Å²) in [5.74, 6) is 0.632. The Hall–Kier alpha value is -2.08. The third-order valence-corrected chi connectivity index (χ3v) is 3.81. The molecule has 1 aromatic carbocycles. The molecule has 1 aliphatic carbocycles. The number of aryl methyl sites for hydroxylation is 1. The Morgan fingerprint density at radius 3 is 2.86 bits per heavy atom. The van der Waals surface area contributed by atoms with Crippen molar-refractivity contribution in [1.29, 1.82) is 0 Å². The zero-order valence-corrected chi connectivity index (χ0v) is 12.2. The van der Waals surface area contributed by atoms with E-state index in [1.54, 1.807) is 0 Å². The summed E-state index contributed by atoms with van der Waals surface area (Å²) in [5, 5.41) is 15.7. The van der Waals surface area contributed by atoms with Gasteiger partial charge < -0.3 is 15.7 Å². The Labute approximate surface area is 126 Å². The maximum absolute atomic E-state index is 10.8. The first-order valence-electron chi connectivity index (χ1n) is 6.66. The van der Waals surface area contributed by atoms with Gasteiger partial charge in [0.1, 0.15) is 5.82 Å². The molecule has 0 bridgehead atoms. The maximum Gasteiger partial charge on any atom is 0.405 e. The monoisotopic (exact) mass is 306 g/mol. The van der Waals surface area contributed by atoms with Crippen LogP contribution < -0.4 is 10.6 Å². The third-order valence-electron chi connectivity index (χ3n) is 3.64. The van der Waals surface area contributed by atoms with Crippen molar-refractivity contribution in [2.24, 2.45) is 0 Å². The number of hydrogen-bond acceptors (Lipinski definition) is 4. The van der Waals surface area contributed by atoms with Crippen molar-refractivity contribution < 1.29 is 9.90 Å². The molecule has 0 atom stereocenters. The van der Waals surface area contributed by atoms with Gasteiger partial charge in [0, 0.05) is 11.9 Å². The quantitative estimate of drug-likeness (QED) is 0.756. The van der Waals surface area contributed by atoms with Crippen LogP contribution >= 0.6 is 11.6 Å². The lowest BCUT2D eigenvalue weighted by atomic mass is 10.1. The molecule has 1 aromatic heterocycles. The number of anilines is 1. The molecule has 0 aliphatic heterocycles. The fourth-order valence-corrected chi connectivity index (χ4v) is 2.50. The van der Waals surface area contributed by atoms with Crippen molar-refractivity contribution in [3.05, 3.63) is 29.0 Å². The molecule has 110 valence electrons. The van der Waals surface area contributed by atoms with E-state index in [2.05, 4.69) is 20.6 Å². The zero-order chi connectivity index (χ0) is 15.0. The second kappa shape index (κ2) is 5.04. The lowest BCUT2D eigenvalue weighted by Gasteiger charge is -2.17. The number of carbonyl (C=O) groups is 1. The molecule has 0 radical (unpaired) electrons. The van der Waals surface area contributed by atoms with Gasteiger partial charge in [-0.05, 0) is 43.5 Å². The highest BCUT2D eigenvalue weighted by Gasteiger charge is 2.44. The normalized spacial score (nSPS) is 15.7. The molecule has 3 N–H and O–H groups in total. The lowest BCUT2D eigenvalue weighted by molar-refractivity contribution is 0.189. The Bertz CT molecular complexity index is 715. The molecule has 3 rings (SSSR count). The van der Waals surface area contributed by atoms with Crippen molar-refractivity contribution in [1.82, 2.24) is 15.3 Å². The summed E-state index contributed by atoms with van der Waals surface area (Å²) in [6.07, 6.45) is 0.639. The molecule has 0 spiro atoms. The van der Waals surface area contributed by atoms with Crippen LogP contribution in [0.25, 0.3) is 10.9 Å². The van der Waals surface area contributed by atoms with Gasteiger partial charge in [0.05, 0.1) is 11.1 Å². The molecule has 2 aromatic rings. The number of hydrogen-bond donors (Lipinski definition) is 3.